The van der Waals surface area contributed by atoms with E-state index in [-0.39, 0.29) is 18.5 Å². The molecule has 0 spiro atoms. The van der Waals surface area contributed by atoms with Crippen molar-refractivity contribution in [2.24, 2.45) is 0 Å². The lowest BCUT2D eigenvalue weighted by molar-refractivity contribution is -0.384. The van der Waals surface area contributed by atoms with Crippen LogP contribution in [0.4, 0.5) is 5.69 Å². The number of carbonyl (C=O) groups excluding carboxylic acids is 1. The van der Waals surface area contributed by atoms with Crippen LogP contribution in [0.1, 0.15) is 11.1 Å². The van der Waals surface area contributed by atoms with Crippen molar-refractivity contribution < 1.29 is 19.6 Å². The molecule has 1 heterocycles. The third-order valence-corrected chi connectivity index (χ3v) is 4.22. The van der Waals surface area contributed by atoms with Crippen molar-refractivity contribution in [3.05, 3.63) is 76.0 Å². The van der Waals surface area contributed by atoms with Crippen molar-refractivity contribution in [1.29, 1.82) is 0 Å². The van der Waals surface area contributed by atoms with Crippen LogP contribution < -0.4 is 5.32 Å². The van der Waals surface area contributed by atoms with Gasteiger partial charge in [0.05, 0.1) is 11.3 Å². The van der Waals surface area contributed by atoms with Gasteiger partial charge >= 0.3 is 5.97 Å². The number of non-ortho nitro benzene ring substituents is 1. The minimum atomic E-state index is -1.15. The molecule has 0 aliphatic carbocycles. The van der Waals surface area contributed by atoms with Gasteiger partial charge in [0, 0.05) is 35.7 Å². The summed E-state index contributed by atoms with van der Waals surface area (Å²) in [7, 11) is 0. The summed E-state index contributed by atoms with van der Waals surface area (Å²) < 4.78 is 0. The van der Waals surface area contributed by atoms with Crippen LogP contribution in [0.25, 0.3) is 10.9 Å². The van der Waals surface area contributed by atoms with Crippen LogP contribution in [-0.4, -0.2) is 32.9 Å². The summed E-state index contributed by atoms with van der Waals surface area (Å²) in [6.07, 6.45) is 1.71. The zero-order valence-electron chi connectivity index (χ0n) is 14.2. The standard InChI is InChI=1S/C19H17N3O5/c23-18(9-12-4-3-5-14(8-12)22(26)27)21-17(19(24)25)10-13-11-20-16-7-2-1-6-15(13)16/h1-8,11,17,20H,9-10H2,(H,21,23)(H,24,25)/t17-/m0/s1. The number of rotatable bonds is 7. The first-order chi connectivity index (χ1) is 12.9. The van der Waals surface area contributed by atoms with Crippen LogP contribution in [0, 0.1) is 10.1 Å². The number of amides is 1. The predicted octanol–water partition coefficient (Wildman–Crippen LogP) is 2.43. The van der Waals surface area contributed by atoms with Crippen molar-refractivity contribution in [2.45, 2.75) is 18.9 Å². The van der Waals surface area contributed by atoms with Crippen LogP contribution in [-0.2, 0) is 22.4 Å². The number of carboxylic acids is 1. The summed E-state index contributed by atoms with van der Waals surface area (Å²) in [6.45, 7) is 0. The van der Waals surface area contributed by atoms with E-state index < -0.39 is 22.8 Å². The Morgan fingerprint density at radius 2 is 1.96 bits per heavy atom. The third-order valence-electron chi connectivity index (χ3n) is 4.22. The number of nitrogens with one attached hydrogen (secondary N) is 2. The molecule has 3 N–H and O–H groups in total. The number of nitrogens with zero attached hydrogens (tertiary/aromatic N) is 1. The fourth-order valence-corrected chi connectivity index (χ4v) is 2.93. The van der Waals surface area contributed by atoms with Crippen molar-refractivity contribution in [3.63, 3.8) is 0 Å². The molecule has 0 saturated carbocycles. The van der Waals surface area contributed by atoms with Crippen molar-refractivity contribution >= 4 is 28.5 Å². The van der Waals surface area contributed by atoms with Crippen LogP contribution >= 0.6 is 0 Å². The number of aromatic amines is 1. The van der Waals surface area contributed by atoms with Gasteiger partial charge in [-0.1, -0.05) is 30.3 Å². The van der Waals surface area contributed by atoms with Gasteiger partial charge in [0.15, 0.2) is 0 Å². The highest BCUT2D eigenvalue weighted by Crippen LogP contribution is 2.19. The van der Waals surface area contributed by atoms with E-state index >= 15 is 0 Å². The minimum absolute atomic E-state index is 0.117. The summed E-state index contributed by atoms with van der Waals surface area (Å²) in [5.74, 6) is -1.66. The Bertz CT molecular complexity index is 1010. The number of aromatic nitrogens is 1. The molecule has 0 unspecified atom stereocenters. The van der Waals surface area contributed by atoms with E-state index in [1.54, 1.807) is 12.3 Å². The topological polar surface area (TPSA) is 125 Å². The molecular formula is C19H17N3O5. The Balaban J connectivity index is 1.71. The fraction of sp³-hybridized carbons (Fsp3) is 0.158. The molecule has 3 rings (SSSR count). The van der Waals surface area contributed by atoms with Gasteiger partial charge < -0.3 is 15.4 Å². The lowest BCUT2D eigenvalue weighted by Crippen LogP contribution is -2.43. The predicted molar refractivity (Wildman–Crippen MR) is 98.4 cm³/mol. The number of hydrogen-bond donors (Lipinski definition) is 3. The van der Waals surface area contributed by atoms with Gasteiger partial charge in [0.2, 0.25) is 5.91 Å². The smallest absolute Gasteiger partial charge is 0.326 e. The highest BCUT2D eigenvalue weighted by molar-refractivity contribution is 5.87. The molecule has 3 aromatic rings. The average molecular weight is 367 g/mol. The number of nitro groups is 1. The highest BCUT2D eigenvalue weighted by atomic mass is 16.6. The second-order valence-electron chi connectivity index (χ2n) is 6.13. The maximum Gasteiger partial charge on any atom is 0.326 e. The third kappa shape index (κ3) is 4.30. The van der Waals surface area contributed by atoms with E-state index in [0.717, 1.165) is 16.5 Å². The zero-order chi connectivity index (χ0) is 19.4. The molecule has 0 bridgehead atoms. The number of H-pyrrole nitrogens is 1. The average Bonchev–Trinajstić information content (AvgIpc) is 3.04. The number of fused-ring (bicyclic) bond motifs is 1. The van der Waals surface area contributed by atoms with Crippen LogP contribution in [0.5, 0.6) is 0 Å². The summed E-state index contributed by atoms with van der Waals surface area (Å²) in [4.78, 5) is 37.2. The van der Waals surface area contributed by atoms with E-state index in [1.165, 1.54) is 18.2 Å². The quantitative estimate of drug-likeness (QED) is 0.437. The van der Waals surface area contributed by atoms with Gasteiger partial charge in [-0.2, -0.15) is 0 Å². The molecule has 0 radical (unpaired) electrons. The van der Waals surface area contributed by atoms with E-state index in [2.05, 4.69) is 10.3 Å². The van der Waals surface area contributed by atoms with Crippen LogP contribution in [0.15, 0.2) is 54.7 Å². The lowest BCUT2D eigenvalue weighted by atomic mass is 10.0. The Morgan fingerprint density at radius 1 is 1.19 bits per heavy atom. The van der Waals surface area contributed by atoms with Gasteiger partial charge in [-0.05, 0) is 17.2 Å². The molecule has 0 aliphatic heterocycles. The van der Waals surface area contributed by atoms with Crippen molar-refractivity contribution in [1.82, 2.24) is 10.3 Å². The molecule has 1 aromatic heterocycles. The fourth-order valence-electron chi connectivity index (χ4n) is 2.93. The molecule has 2 aromatic carbocycles. The van der Waals surface area contributed by atoms with Gasteiger partial charge in [0.1, 0.15) is 6.04 Å². The first-order valence-corrected chi connectivity index (χ1v) is 8.24. The molecule has 27 heavy (non-hydrogen) atoms. The normalized spacial score (nSPS) is 11.9. The molecule has 138 valence electrons. The molecule has 0 fully saturated rings. The van der Waals surface area contributed by atoms with Crippen molar-refractivity contribution in [2.75, 3.05) is 0 Å². The van der Waals surface area contributed by atoms with Crippen LogP contribution in [0.3, 0.4) is 0 Å². The van der Waals surface area contributed by atoms with Crippen LogP contribution in [0.2, 0.25) is 0 Å². The van der Waals surface area contributed by atoms with Gasteiger partial charge in [-0.25, -0.2) is 4.79 Å². The molecule has 8 nitrogen and oxygen atoms in total. The molecule has 1 amide bonds. The summed E-state index contributed by atoms with van der Waals surface area (Å²) >= 11 is 0. The SMILES string of the molecule is O=C(Cc1cccc([N+](=O)[O-])c1)N[C@@H](Cc1c[nH]c2ccccc12)C(=O)O. The number of para-hydroxylation sites is 1. The molecule has 8 heteroatoms. The van der Waals surface area contributed by atoms with E-state index in [9.17, 15) is 24.8 Å². The first-order valence-electron chi connectivity index (χ1n) is 8.24. The maximum atomic E-state index is 12.2. The second kappa shape index (κ2) is 7.69. The van der Waals surface area contributed by atoms with E-state index in [4.69, 9.17) is 0 Å². The Labute approximate surface area is 154 Å². The molecule has 0 aliphatic rings. The molecule has 0 saturated heterocycles. The largest absolute Gasteiger partial charge is 0.480 e. The maximum absolute atomic E-state index is 12.2. The number of carboxylic acid groups (broad SMARTS) is 1. The number of hydrogen-bond acceptors (Lipinski definition) is 4. The second-order valence-corrected chi connectivity index (χ2v) is 6.13. The lowest BCUT2D eigenvalue weighted by Gasteiger charge is -2.14. The number of aliphatic carboxylic acids is 1. The van der Waals surface area contributed by atoms with E-state index in [1.807, 2.05) is 24.3 Å². The number of carbonyl (C=O) groups is 2. The Morgan fingerprint density at radius 3 is 2.70 bits per heavy atom. The highest BCUT2D eigenvalue weighted by Gasteiger charge is 2.22. The minimum Gasteiger partial charge on any atom is -0.480 e. The monoisotopic (exact) mass is 367 g/mol. The Kier molecular flexibility index (Phi) is 5.16. The molecular weight excluding hydrogens is 350 g/mol. The van der Waals surface area contributed by atoms with Gasteiger partial charge in [-0.3, -0.25) is 14.9 Å². The van der Waals surface area contributed by atoms with Gasteiger partial charge in [-0.15, -0.1) is 0 Å². The van der Waals surface area contributed by atoms with E-state index in [0.29, 0.717) is 5.56 Å². The summed E-state index contributed by atoms with van der Waals surface area (Å²) in [5, 5.41) is 23.7. The number of nitro benzene ring substituents is 1. The summed E-state index contributed by atoms with van der Waals surface area (Å²) in [5.41, 5.74) is 2.00. The number of benzene rings is 2. The zero-order valence-corrected chi connectivity index (χ0v) is 14.2. The molecule has 1 atom stereocenters. The Hall–Kier alpha value is -3.68. The van der Waals surface area contributed by atoms with Crippen molar-refractivity contribution in [3.8, 4) is 0 Å². The van der Waals surface area contributed by atoms with Gasteiger partial charge in [0.25, 0.3) is 5.69 Å². The first kappa shape index (κ1) is 18.1. The summed E-state index contributed by atoms with van der Waals surface area (Å²) in [6, 6.07) is 12.1.